The zero-order valence-electron chi connectivity index (χ0n) is 10.3. The van der Waals surface area contributed by atoms with Crippen molar-refractivity contribution in [1.29, 1.82) is 0 Å². The van der Waals surface area contributed by atoms with Crippen molar-refractivity contribution in [2.24, 2.45) is 0 Å². The van der Waals surface area contributed by atoms with Crippen LogP contribution >= 0.6 is 0 Å². The van der Waals surface area contributed by atoms with Crippen LogP contribution in [0.15, 0.2) is 24.3 Å². The van der Waals surface area contributed by atoms with Crippen LogP contribution in [0, 0.1) is 0 Å². The quantitative estimate of drug-likeness (QED) is 0.694. The fourth-order valence-electron chi connectivity index (χ4n) is 2.40. The van der Waals surface area contributed by atoms with E-state index < -0.39 is 8.07 Å². The SMILES string of the molecule is CC[Si](CC)(CC)c1ccccc1OC. The maximum atomic E-state index is 5.49. The van der Waals surface area contributed by atoms with Gasteiger partial charge in [-0.2, -0.15) is 0 Å². The van der Waals surface area contributed by atoms with Crippen molar-refractivity contribution in [1.82, 2.24) is 0 Å². The molecular formula is C13H22OSi. The highest BCUT2D eigenvalue weighted by atomic mass is 28.3. The molecule has 0 amide bonds. The molecule has 0 fully saturated rings. The lowest BCUT2D eigenvalue weighted by molar-refractivity contribution is 0.418. The number of methoxy groups -OCH3 is 1. The second-order valence-electron chi connectivity index (χ2n) is 4.04. The normalized spacial score (nSPS) is 11.5. The van der Waals surface area contributed by atoms with Gasteiger partial charge in [0.05, 0.1) is 15.2 Å². The largest absolute Gasteiger partial charge is 0.497 e. The third kappa shape index (κ3) is 2.25. The average molecular weight is 222 g/mol. The Morgan fingerprint density at radius 3 is 2.00 bits per heavy atom. The standard InChI is InChI=1S/C13H22OSi/c1-5-15(6-2,7-3)13-11-9-8-10-12(13)14-4/h8-11H,5-7H2,1-4H3. The van der Waals surface area contributed by atoms with Crippen LogP contribution in [0.2, 0.25) is 18.1 Å². The van der Waals surface area contributed by atoms with Gasteiger partial charge in [-0.25, -0.2) is 0 Å². The predicted octanol–water partition coefficient (Wildman–Crippen LogP) is 3.41. The summed E-state index contributed by atoms with van der Waals surface area (Å²) in [4.78, 5) is 0. The van der Waals surface area contributed by atoms with Gasteiger partial charge in [0.25, 0.3) is 0 Å². The van der Waals surface area contributed by atoms with E-state index in [1.54, 1.807) is 7.11 Å². The summed E-state index contributed by atoms with van der Waals surface area (Å²) in [6.45, 7) is 6.98. The van der Waals surface area contributed by atoms with Crippen molar-refractivity contribution >= 4 is 13.3 Å². The third-order valence-corrected chi connectivity index (χ3v) is 9.33. The lowest BCUT2D eigenvalue weighted by atomic mass is 10.3. The zero-order chi connectivity index (χ0) is 11.3. The Morgan fingerprint density at radius 1 is 1.00 bits per heavy atom. The minimum Gasteiger partial charge on any atom is -0.497 e. The molecule has 0 bridgehead atoms. The van der Waals surface area contributed by atoms with Gasteiger partial charge in [0.1, 0.15) is 5.75 Å². The summed E-state index contributed by atoms with van der Waals surface area (Å²) in [5.74, 6) is 1.09. The van der Waals surface area contributed by atoms with E-state index in [4.69, 9.17) is 4.74 Å². The van der Waals surface area contributed by atoms with E-state index in [0.717, 1.165) is 5.75 Å². The molecule has 15 heavy (non-hydrogen) atoms. The van der Waals surface area contributed by atoms with E-state index in [-0.39, 0.29) is 0 Å². The molecule has 0 atom stereocenters. The van der Waals surface area contributed by atoms with E-state index >= 15 is 0 Å². The second-order valence-corrected chi connectivity index (χ2v) is 9.26. The van der Waals surface area contributed by atoms with Crippen molar-refractivity contribution in [3.63, 3.8) is 0 Å². The first kappa shape index (κ1) is 12.3. The topological polar surface area (TPSA) is 9.23 Å². The zero-order valence-corrected chi connectivity index (χ0v) is 11.3. The van der Waals surface area contributed by atoms with Crippen LogP contribution in [0.3, 0.4) is 0 Å². The Kier molecular flexibility index (Phi) is 4.39. The fraction of sp³-hybridized carbons (Fsp3) is 0.538. The molecule has 0 N–H and O–H groups in total. The summed E-state index contributed by atoms with van der Waals surface area (Å²) in [7, 11) is 0.493. The first-order valence-electron chi connectivity index (χ1n) is 5.87. The molecule has 0 aliphatic rings. The molecule has 1 aromatic carbocycles. The molecular weight excluding hydrogens is 200 g/mol. The highest BCUT2D eigenvalue weighted by Crippen LogP contribution is 2.24. The van der Waals surface area contributed by atoms with Crippen LogP contribution in [0.5, 0.6) is 5.75 Å². The fourth-order valence-corrected chi connectivity index (χ4v) is 6.20. The van der Waals surface area contributed by atoms with Gasteiger partial charge in [-0.05, 0) is 11.3 Å². The maximum Gasteiger partial charge on any atom is 0.118 e. The number of hydrogen-bond acceptors (Lipinski definition) is 1. The van der Waals surface area contributed by atoms with Gasteiger partial charge in [-0.15, -0.1) is 0 Å². The van der Waals surface area contributed by atoms with Crippen LogP contribution in [-0.4, -0.2) is 15.2 Å². The lowest BCUT2D eigenvalue weighted by Crippen LogP contribution is -2.46. The molecule has 0 aliphatic heterocycles. The second kappa shape index (κ2) is 5.36. The number of ether oxygens (including phenoxy) is 1. The summed E-state index contributed by atoms with van der Waals surface area (Å²) in [5, 5.41) is 1.50. The molecule has 0 radical (unpaired) electrons. The Hall–Kier alpha value is -0.763. The number of hydrogen-bond donors (Lipinski definition) is 0. The van der Waals surface area contributed by atoms with Gasteiger partial charge < -0.3 is 4.74 Å². The number of rotatable bonds is 5. The van der Waals surface area contributed by atoms with Crippen molar-refractivity contribution in [2.75, 3.05) is 7.11 Å². The molecule has 84 valence electrons. The minimum absolute atomic E-state index is 1.09. The Bertz CT molecular complexity index is 297. The van der Waals surface area contributed by atoms with Crippen LogP contribution in [-0.2, 0) is 0 Å². The molecule has 0 saturated heterocycles. The summed E-state index contributed by atoms with van der Waals surface area (Å²) < 4.78 is 5.49. The van der Waals surface area contributed by atoms with Gasteiger partial charge in [-0.3, -0.25) is 0 Å². The predicted molar refractivity (Wildman–Crippen MR) is 69.8 cm³/mol. The smallest absolute Gasteiger partial charge is 0.118 e. The molecule has 1 aromatic rings. The first-order chi connectivity index (χ1) is 7.24. The molecule has 0 aromatic heterocycles. The lowest BCUT2D eigenvalue weighted by Gasteiger charge is -2.30. The number of benzene rings is 1. The van der Waals surface area contributed by atoms with Crippen molar-refractivity contribution in [3.8, 4) is 5.75 Å². The minimum atomic E-state index is -1.28. The van der Waals surface area contributed by atoms with Crippen LogP contribution in [0.4, 0.5) is 0 Å². The summed E-state index contributed by atoms with van der Waals surface area (Å²) in [6, 6.07) is 12.5. The van der Waals surface area contributed by atoms with Gasteiger partial charge in [0.15, 0.2) is 0 Å². The van der Waals surface area contributed by atoms with E-state index in [1.807, 2.05) is 0 Å². The molecule has 0 aliphatic carbocycles. The molecule has 0 unspecified atom stereocenters. The van der Waals surface area contributed by atoms with E-state index in [1.165, 1.54) is 23.3 Å². The Balaban J connectivity index is 3.21. The summed E-state index contributed by atoms with van der Waals surface area (Å²) in [5.41, 5.74) is 0. The average Bonchev–Trinajstić information content (AvgIpc) is 2.33. The molecule has 0 spiro atoms. The van der Waals surface area contributed by atoms with E-state index in [2.05, 4.69) is 45.0 Å². The summed E-state index contributed by atoms with van der Waals surface area (Å²) in [6.07, 6.45) is 0. The van der Waals surface area contributed by atoms with Gasteiger partial charge >= 0.3 is 0 Å². The molecule has 0 saturated carbocycles. The number of para-hydroxylation sites is 1. The monoisotopic (exact) mass is 222 g/mol. The molecule has 2 heteroatoms. The van der Waals surface area contributed by atoms with Crippen molar-refractivity contribution in [3.05, 3.63) is 24.3 Å². The molecule has 0 heterocycles. The Labute approximate surface area is 94.5 Å². The Morgan fingerprint density at radius 2 is 1.53 bits per heavy atom. The van der Waals surface area contributed by atoms with Gasteiger partial charge in [-0.1, -0.05) is 57.1 Å². The molecule has 1 nitrogen and oxygen atoms in total. The maximum absolute atomic E-state index is 5.49. The van der Waals surface area contributed by atoms with Gasteiger partial charge in [0, 0.05) is 0 Å². The van der Waals surface area contributed by atoms with E-state index in [0.29, 0.717) is 0 Å². The summed E-state index contributed by atoms with van der Waals surface area (Å²) >= 11 is 0. The highest BCUT2D eigenvalue weighted by molar-refractivity contribution is 6.92. The van der Waals surface area contributed by atoms with Crippen LogP contribution in [0.25, 0.3) is 0 Å². The van der Waals surface area contributed by atoms with E-state index in [9.17, 15) is 0 Å². The molecule has 1 rings (SSSR count). The highest BCUT2D eigenvalue weighted by Gasteiger charge is 2.31. The van der Waals surface area contributed by atoms with Crippen molar-refractivity contribution < 1.29 is 4.74 Å². The third-order valence-electron chi connectivity index (χ3n) is 3.71. The van der Waals surface area contributed by atoms with Crippen LogP contribution in [0.1, 0.15) is 20.8 Å². The first-order valence-corrected chi connectivity index (χ1v) is 8.49. The van der Waals surface area contributed by atoms with Gasteiger partial charge in [0.2, 0.25) is 0 Å². The van der Waals surface area contributed by atoms with Crippen LogP contribution < -0.4 is 9.92 Å². The van der Waals surface area contributed by atoms with Crippen molar-refractivity contribution in [2.45, 2.75) is 38.9 Å².